The standard InChI is InChI=1S/C25H22ClF4N7O4/c1-12-21(33-24(39)16-8-20(23(31)38)32-19-9-18(27)17(26)7-15(16)19)22(25(28,29)30)34-37(12)10-13-6-14(41-35-13)11-36-2-4-40-5-3-36/h6-9H,2-5,10-11H2,1H3,(H2,31,38)(H,33,39). The highest BCUT2D eigenvalue weighted by atomic mass is 35.5. The topological polar surface area (TPSA) is 141 Å². The normalized spacial score (nSPS) is 14.5. The number of fused-ring (bicyclic) bond motifs is 1. The molecule has 1 aliphatic rings. The van der Waals surface area contributed by atoms with Crippen LogP contribution in [0.1, 0.15) is 43.7 Å². The molecule has 11 nitrogen and oxygen atoms in total. The van der Waals surface area contributed by atoms with Gasteiger partial charge in [0.2, 0.25) is 0 Å². The van der Waals surface area contributed by atoms with Crippen molar-refractivity contribution >= 4 is 40.0 Å². The second-order valence-corrected chi connectivity index (χ2v) is 9.70. The number of ether oxygens (including phenoxy) is 1. The van der Waals surface area contributed by atoms with Crippen LogP contribution in [0.5, 0.6) is 0 Å². The zero-order valence-corrected chi connectivity index (χ0v) is 22.1. The van der Waals surface area contributed by atoms with Gasteiger partial charge in [-0.15, -0.1) is 0 Å². The van der Waals surface area contributed by atoms with Gasteiger partial charge in [0, 0.05) is 30.6 Å². The lowest BCUT2D eigenvalue weighted by Crippen LogP contribution is -2.35. The van der Waals surface area contributed by atoms with E-state index in [9.17, 15) is 27.2 Å². The Balaban J connectivity index is 1.46. The Labute approximate surface area is 234 Å². The molecule has 3 N–H and O–H groups in total. The number of nitrogens with zero attached hydrogens (tertiary/aromatic N) is 5. The van der Waals surface area contributed by atoms with E-state index in [1.165, 1.54) is 6.92 Å². The second-order valence-electron chi connectivity index (χ2n) is 9.29. The van der Waals surface area contributed by atoms with E-state index in [4.69, 9.17) is 26.6 Å². The predicted octanol–water partition coefficient (Wildman–Crippen LogP) is 3.77. The number of morpholine rings is 1. The number of halogens is 5. The minimum atomic E-state index is -4.94. The molecule has 0 radical (unpaired) electrons. The molecule has 0 unspecified atom stereocenters. The first-order valence-corrected chi connectivity index (χ1v) is 12.6. The van der Waals surface area contributed by atoms with Crippen molar-refractivity contribution in [2.75, 3.05) is 31.6 Å². The van der Waals surface area contributed by atoms with Crippen molar-refractivity contribution in [1.29, 1.82) is 0 Å². The van der Waals surface area contributed by atoms with E-state index in [0.29, 0.717) is 44.3 Å². The van der Waals surface area contributed by atoms with Gasteiger partial charge < -0.3 is 20.3 Å². The molecule has 0 spiro atoms. The van der Waals surface area contributed by atoms with Crippen LogP contribution >= 0.6 is 11.6 Å². The molecule has 0 saturated carbocycles. The summed E-state index contributed by atoms with van der Waals surface area (Å²) in [5.74, 6) is -2.43. The lowest BCUT2D eigenvalue weighted by atomic mass is 10.1. The first-order valence-electron chi connectivity index (χ1n) is 12.2. The Hall–Kier alpha value is -4.08. The fraction of sp³-hybridized carbons (Fsp3) is 0.320. The molecule has 2 amide bonds. The van der Waals surface area contributed by atoms with E-state index in [0.717, 1.165) is 22.9 Å². The summed E-state index contributed by atoms with van der Waals surface area (Å²) in [7, 11) is 0. The molecule has 216 valence electrons. The van der Waals surface area contributed by atoms with Gasteiger partial charge in [-0.25, -0.2) is 9.37 Å². The number of hydrogen-bond donors (Lipinski definition) is 2. The molecule has 1 aromatic carbocycles. The van der Waals surface area contributed by atoms with Crippen LogP contribution in [0.25, 0.3) is 10.9 Å². The van der Waals surface area contributed by atoms with Gasteiger partial charge in [-0.2, -0.15) is 18.3 Å². The van der Waals surface area contributed by atoms with Crippen LogP contribution in [0.2, 0.25) is 5.02 Å². The number of primary amides is 1. The van der Waals surface area contributed by atoms with E-state index >= 15 is 0 Å². The minimum absolute atomic E-state index is 0.00658. The number of rotatable bonds is 7. The lowest BCUT2D eigenvalue weighted by molar-refractivity contribution is -0.140. The summed E-state index contributed by atoms with van der Waals surface area (Å²) in [6, 6.07) is 4.58. The monoisotopic (exact) mass is 595 g/mol. The summed E-state index contributed by atoms with van der Waals surface area (Å²) in [5.41, 5.74) is 2.80. The van der Waals surface area contributed by atoms with Gasteiger partial charge in [0.15, 0.2) is 11.5 Å². The summed E-state index contributed by atoms with van der Waals surface area (Å²) in [6.07, 6.45) is -4.94. The molecule has 0 atom stereocenters. The quantitative estimate of drug-likeness (QED) is 0.308. The van der Waals surface area contributed by atoms with Gasteiger partial charge in [-0.1, -0.05) is 16.8 Å². The van der Waals surface area contributed by atoms with Gasteiger partial charge in [0.05, 0.1) is 53.8 Å². The number of nitrogens with two attached hydrogens (primary N) is 1. The Bertz CT molecular complexity index is 1650. The predicted molar refractivity (Wildman–Crippen MR) is 137 cm³/mol. The van der Waals surface area contributed by atoms with Crippen molar-refractivity contribution < 1.29 is 36.4 Å². The van der Waals surface area contributed by atoms with E-state index in [1.54, 1.807) is 6.07 Å². The molecule has 16 heteroatoms. The van der Waals surface area contributed by atoms with Crippen LogP contribution in [0.15, 0.2) is 28.8 Å². The number of alkyl halides is 3. The summed E-state index contributed by atoms with van der Waals surface area (Å²) < 4.78 is 67.8. The molecule has 4 heterocycles. The number of benzene rings is 1. The largest absolute Gasteiger partial charge is 0.437 e. The fourth-order valence-corrected chi connectivity index (χ4v) is 4.57. The van der Waals surface area contributed by atoms with Crippen molar-refractivity contribution in [1.82, 2.24) is 24.8 Å². The van der Waals surface area contributed by atoms with Crippen LogP contribution in [0.3, 0.4) is 0 Å². The highest BCUT2D eigenvalue weighted by Gasteiger charge is 2.39. The number of hydrogen-bond acceptors (Lipinski definition) is 8. The number of amides is 2. The smallest absolute Gasteiger partial charge is 0.379 e. The van der Waals surface area contributed by atoms with Gasteiger partial charge in [-0.05, 0) is 19.1 Å². The van der Waals surface area contributed by atoms with Crippen LogP contribution in [0.4, 0.5) is 23.2 Å². The Kier molecular flexibility index (Phi) is 7.68. The number of carbonyl (C=O) groups is 2. The van der Waals surface area contributed by atoms with Gasteiger partial charge in [0.1, 0.15) is 17.2 Å². The van der Waals surface area contributed by atoms with Crippen LogP contribution < -0.4 is 11.1 Å². The zero-order chi connectivity index (χ0) is 29.5. The Morgan fingerprint density at radius 3 is 2.56 bits per heavy atom. The Morgan fingerprint density at radius 1 is 1.15 bits per heavy atom. The molecule has 4 aromatic rings. The maximum absolute atomic E-state index is 14.1. The molecule has 1 saturated heterocycles. The average molecular weight is 596 g/mol. The van der Waals surface area contributed by atoms with Crippen molar-refractivity contribution in [3.8, 4) is 0 Å². The molecule has 41 heavy (non-hydrogen) atoms. The first-order chi connectivity index (χ1) is 19.4. The van der Waals surface area contributed by atoms with Crippen LogP contribution in [0, 0.1) is 12.7 Å². The maximum atomic E-state index is 14.1. The first kappa shape index (κ1) is 28.4. The maximum Gasteiger partial charge on any atom is 0.437 e. The van der Waals surface area contributed by atoms with E-state index in [2.05, 4.69) is 25.5 Å². The number of nitrogens with one attached hydrogen (secondary N) is 1. The molecule has 0 bridgehead atoms. The molecule has 5 rings (SSSR count). The summed E-state index contributed by atoms with van der Waals surface area (Å²) in [4.78, 5) is 31.1. The number of aromatic nitrogens is 4. The van der Waals surface area contributed by atoms with Crippen molar-refractivity contribution in [2.45, 2.75) is 26.2 Å². The van der Waals surface area contributed by atoms with Crippen LogP contribution in [-0.2, 0) is 24.0 Å². The van der Waals surface area contributed by atoms with Gasteiger partial charge in [-0.3, -0.25) is 19.2 Å². The summed E-state index contributed by atoms with van der Waals surface area (Å²) in [5, 5.41) is 9.51. The van der Waals surface area contributed by atoms with Gasteiger partial charge >= 0.3 is 6.18 Å². The SMILES string of the molecule is Cc1c(NC(=O)c2cc(C(N)=O)nc3cc(F)c(Cl)cc23)c(C(F)(F)F)nn1Cc1cc(CN2CCOCC2)on1. The lowest BCUT2D eigenvalue weighted by Gasteiger charge is -2.25. The zero-order valence-electron chi connectivity index (χ0n) is 21.4. The van der Waals surface area contributed by atoms with Crippen LogP contribution in [-0.4, -0.2) is 62.9 Å². The van der Waals surface area contributed by atoms with Crippen molar-refractivity contribution in [3.63, 3.8) is 0 Å². The van der Waals surface area contributed by atoms with Crippen molar-refractivity contribution in [3.05, 3.63) is 69.2 Å². The third kappa shape index (κ3) is 6.01. The third-order valence-corrected chi connectivity index (χ3v) is 6.75. The molecule has 1 fully saturated rings. The highest BCUT2D eigenvalue weighted by molar-refractivity contribution is 6.31. The molecule has 1 aliphatic heterocycles. The number of anilines is 1. The molecule has 3 aromatic heterocycles. The third-order valence-electron chi connectivity index (χ3n) is 6.46. The number of pyridine rings is 1. The second kappa shape index (κ2) is 11.1. The Morgan fingerprint density at radius 2 is 1.88 bits per heavy atom. The van der Waals surface area contributed by atoms with E-state index < -0.39 is 40.9 Å². The molecular formula is C25H22ClF4N7O4. The number of carbonyl (C=O) groups excluding carboxylic acids is 2. The summed E-state index contributed by atoms with van der Waals surface area (Å²) >= 11 is 5.86. The molecule has 0 aliphatic carbocycles. The average Bonchev–Trinajstić information content (AvgIpc) is 3.48. The minimum Gasteiger partial charge on any atom is -0.379 e. The fourth-order valence-electron chi connectivity index (χ4n) is 4.40. The summed E-state index contributed by atoms with van der Waals surface area (Å²) in [6.45, 7) is 4.23. The molecular weight excluding hydrogens is 574 g/mol. The highest BCUT2D eigenvalue weighted by Crippen LogP contribution is 2.37. The van der Waals surface area contributed by atoms with Gasteiger partial charge in [0.25, 0.3) is 11.8 Å². The van der Waals surface area contributed by atoms with Crippen molar-refractivity contribution in [2.24, 2.45) is 5.73 Å². The van der Waals surface area contributed by atoms with E-state index in [1.807, 2.05) is 0 Å². The van der Waals surface area contributed by atoms with E-state index in [-0.39, 0.29) is 33.7 Å².